The highest BCUT2D eigenvalue weighted by atomic mass is 19.1. The Bertz CT molecular complexity index is 1190. The lowest BCUT2D eigenvalue weighted by molar-refractivity contribution is 0.0340. The molecule has 9 heteroatoms. The molecule has 34 heavy (non-hydrogen) atoms. The van der Waals surface area contributed by atoms with Gasteiger partial charge in [0.15, 0.2) is 5.82 Å². The van der Waals surface area contributed by atoms with E-state index < -0.39 is 5.82 Å². The van der Waals surface area contributed by atoms with Crippen molar-refractivity contribution in [2.24, 2.45) is 7.05 Å². The van der Waals surface area contributed by atoms with Crippen LogP contribution in [0.25, 0.3) is 11.3 Å². The van der Waals surface area contributed by atoms with Gasteiger partial charge in [-0.2, -0.15) is 0 Å². The number of aromatic nitrogens is 3. The molecule has 0 radical (unpaired) electrons. The third-order valence-electron chi connectivity index (χ3n) is 6.37. The molecule has 1 atom stereocenters. The number of hydrogen-bond donors (Lipinski definition) is 0. The predicted octanol–water partition coefficient (Wildman–Crippen LogP) is 2.39. The van der Waals surface area contributed by atoms with Crippen LogP contribution in [-0.4, -0.2) is 65.4 Å². The van der Waals surface area contributed by atoms with Gasteiger partial charge in [0.1, 0.15) is 6.10 Å². The molecule has 0 amide bonds. The van der Waals surface area contributed by atoms with E-state index in [9.17, 15) is 9.18 Å². The first-order chi connectivity index (χ1) is 16.6. The Morgan fingerprint density at radius 2 is 1.88 bits per heavy atom. The van der Waals surface area contributed by atoms with Crippen LogP contribution in [0.5, 0.6) is 0 Å². The van der Waals surface area contributed by atoms with Crippen LogP contribution < -0.4 is 10.5 Å². The minimum atomic E-state index is -0.508. The fourth-order valence-corrected chi connectivity index (χ4v) is 4.42. The second-order valence-corrected chi connectivity index (χ2v) is 8.63. The van der Waals surface area contributed by atoms with E-state index in [2.05, 4.69) is 39.1 Å². The van der Waals surface area contributed by atoms with E-state index in [0.717, 1.165) is 44.6 Å². The van der Waals surface area contributed by atoms with Gasteiger partial charge in [0.05, 0.1) is 38.3 Å². The summed E-state index contributed by atoms with van der Waals surface area (Å²) in [6, 6.07) is 11.4. The van der Waals surface area contributed by atoms with Crippen molar-refractivity contribution in [2.75, 3.05) is 50.9 Å². The van der Waals surface area contributed by atoms with E-state index in [4.69, 9.17) is 9.47 Å². The SMILES string of the molecule is Cn1c(N2CCO[C@@H](c3ccc(CN4CCOCC4)cc3)C2)nc(-c2ccncc2F)cc1=O. The second-order valence-electron chi connectivity index (χ2n) is 8.63. The second kappa shape index (κ2) is 10.0. The summed E-state index contributed by atoms with van der Waals surface area (Å²) in [4.78, 5) is 25.5. The van der Waals surface area contributed by atoms with Crippen molar-refractivity contribution >= 4 is 5.95 Å². The normalized spacial score (nSPS) is 19.4. The van der Waals surface area contributed by atoms with Gasteiger partial charge in [0.25, 0.3) is 5.56 Å². The minimum Gasteiger partial charge on any atom is -0.379 e. The minimum absolute atomic E-state index is 0.149. The number of pyridine rings is 1. The molecule has 4 heterocycles. The molecule has 5 rings (SSSR count). The average molecular weight is 466 g/mol. The van der Waals surface area contributed by atoms with E-state index >= 15 is 0 Å². The van der Waals surface area contributed by atoms with Gasteiger partial charge in [-0.1, -0.05) is 24.3 Å². The van der Waals surface area contributed by atoms with Crippen molar-refractivity contribution in [3.63, 3.8) is 0 Å². The fourth-order valence-electron chi connectivity index (χ4n) is 4.42. The Kier molecular flexibility index (Phi) is 6.66. The van der Waals surface area contributed by atoms with Crippen LogP contribution in [-0.2, 0) is 23.1 Å². The zero-order valence-electron chi connectivity index (χ0n) is 19.2. The molecule has 178 valence electrons. The van der Waals surface area contributed by atoms with Gasteiger partial charge in [-0.05, 0) is 17.2 Å². The fraction of sp³-hybridized carbons (Fsp3) is 0.400. The molecule has 2 fully saturated rings. The van der Waals surface area contributed by atoms with E-state index in [0.29, 0.717) is 31.3 Å². The summed E-state index contributed by atoms with van der Waals surface area (Å²) in [6.45, 7) is 6.03. The van der Waals surface area contributed by atoms with Crippen LogP contribution >= 0.6 is 0 Å². The largest absolute Gasteiger partial charge is 0.379 e. The Labute approximate surface area is 197 Å². The molecule has 3 aromatic rings. The zero-order valence-corrected chi connectivity index (χ0v) is 19.2. The third-order valence-corrected chi connectivity index (χ3v) is 6.37. The summed E-state index contributed by atoms with van der Waals surface area (Å²) in [5.74, 6) is -0.0119. The molecular weight excluding hydrogens is 437 g/mol. The van der Waals surface area contributed by atoms with E-state index in [1.807, 2.05) is 4.90 Å². The molecule has 0 unspecified atom stereocenters. The number of benzene rings is 1. The van der Waals surface area contributed by atoms with Crippen LogP contribution in [0.3, 0.4) is 0 Å². The van der Waals surface area contributed by atoms with E-state index in [1.54, 1.807) is 7.05 Å². The molecular formula is C25H28FN5O3. The number of hydrogen-bond acceptors (Lipinski definition) is 7. The quantitative estimate of drug-likeness (QED) is 0.573. The highest BCUT2D eigenvalue weighted by Gasteiger charge is 2.25. The van der Waals surface area contributed by atoms with E-state index in [1.165, 1.54) is 28.5 Å². The van der Waals surface area contributed by atoms with Gasteiger partial charge in [-0.15, -0.1) is 0 Å². The number of morpholine rings is 2. The van der Waals surface area contributed by atoms with Gasteiger partial charge in [-0.25, -0.2) is 9.37 Å². The summed E-state index contributed by atoms with van der Waals surface area (Å²) >= 11 is 0. The molecule has 0 N–H and O–H groups in total. The van der Waals surface area contributed by atoms with Crippen LogP contribution in [0.15, 0.2) is 53.6 Å². The van der Waals surface area contributed by atoms with Crippen molar-refractivity contribution in [1.29, 1.82) is 0 Å². The molecule has 2 saturated heterocycles. The Hall–Kier alpha value is -3.14. The Morgan fingerprint density at radius 3 is 2.65 bits per heavy atom. The lowest BCUT2D eigenvalue weighted by atomic mass is 10.0. The van der Waals surface area contributed by atoms with Crippen molar-refractivity contribution in [3.8, 4) is 11.3 Å². The molecule has 2 aromatic heterocycles. The van der Waals surface area contributed by atoms with Gasteiger partial charge >= 0.3 is 0 Å². The average Bonchev–Trinajstić information content (AvgIpc) is 2.87. The number of ether oxygens (including phenoxy) is 2. The maximum atomic E-state index is 14.3. The highest BCUT2D eigenvalue weighted by molar-refractivity contribution is 5.60. The summed E-state index contributed by atoms with van der Waals surface area (Å²) < 4.78 is 27.3. The first-order valence-corrected chi connectivity index (χ1v) is 11.5. The molecule has 2 aliphatic rings. The predicted molar refractivity (Wildman–Crippen MR) is 126 cm³/mol. The molecule has 0 saturated carbocycles. The summed E-state index contributed by atoms with van der Waals surface area (Å²) in [5.41, 5.74) is 2.65. The monoisotopic (exact) mass is 465 g/mol. The van der Waals surface area contributed by atoms with Crippen LogP contribution in [0.4, 0.5) is 10.3 Å². The lowest BCUT2D eigenvalue weighted by Crippen LogP contribution is -2.41. The first-order valence-electron chi connectivity index (χ1n) is 11.5. The Morgan fingerprint density at radius 1 is 1.09 bits per heavy atom. The summed E-state index contributed by atoms with van der Waals surface area (Å²) in [7, 11) is 1.68. The zero-order chi connectivity index (χ0) is 23.5. The molecule has 1 aromatic carbocycles. The number of nitrogens with zero attached hydrogens (tertiary/aromatic N) is 5. The van der Waals surface area contributed by atoms with Gasteiger partial charge in [0, 0.05) is 51.1 Å². The summed E-state index contributed by atoms with van der Waals surface area (Å²) in [5, 5.41) is 0. The van der Waals surface area contributed by atoms with E-state index in [-0.39, 0.29) is 17.2 Å². The summed E-state index contributed by atoms with van der Waals surface area (Å²) in [6.07, 6.45) is 2.47. The third kappa shape index (κ3) is 4.86. The molecule has 2 aliphatic heterocycles. The lowest BCUT2D eigenvalue weighted by Gasteiger charge is -2.34. The smallest absolute Gasteiger partial charge is 0.255 e. The maximum absolute atomic E-state index is 14.3. The van der Waals surface area contributed by atoms with Crippen molar-refractivity contribution in [3.05, 3.63) is 76.1 Å². The van der Waals surface area contributed by atoms with Gasteiger partial charge in [0.2, 0.25) is 5.95 Å². The molecule has 0 aliphatic carbocycles. The molecule has 0 bridgehead atoms. The standard InChI is InChI=1S/C25H28FN5O3/c1-29-24(32)14-22(20-6-7-27-15-21(20)26)28-25(29)31-10-13-34-23(17-31)19-4-2-18(3-5-19)16-30-8-11-33-12-9-30/h2-7,14-15,23H,8-13,16-17H2,1H3/t23-/m1/s1. The first kappa shape index (κ1) is 22.6. The maximum Gasteiger partial charge on any atom is 0.255 e. The van der Waals surface area contributed by atoms with Crippen LogP contribution in [0.1, 0.15) is 17.2 Å². The number of anilines is 1. The number of rotatable bonds is 5. The van der Waals surface area contributed by atoms with Crippen LogP contribution in [0.2, 0.25) is 0 Å². The van der Waals surface area contributed by atoms with Crippen molar-refractivity contribution < 1.29 is 13.9 Å². The van der Waals surface area contributed by atoms with Gasteiger partial charge < -0.3 is 14.4 Å². The highest BCUT2D eigenvalue weighted by Crippen LogP contribution is 2.27. The topological polar surface area (TPSA) is 72.7 Å². The Balaban J connectivity index is 1.34. The van der Waals surface area contributed by atoms with Crippen molar-refractivity contribution in [1.82, 2.24) is 19.4 Å². The van der Waals surface area contributed by atoms with Gasteiger partial charge in [-0.3, -0.25) is 19.2 Å². The molecule has 0 spiro atoms. The molecule has 8 nitrogen and oxygen atoms in total. The van der Waals surface area contributed by atoms with Crippen molar-refractivity contribution in [2.45, 2.75) is 12.6 Å². The number of halogens is 1. The van der Waals surface area contributed by atoms with Crippen LogP contribution in [0, 0.1) is 5.82 Å².